The summed E-state index contributed by atoms with van der Waals surface area (Å²) in [7, 11) is 0. The molecule has 0 saturated carbocycles. The van der Waals surface area contributed by atoms with Gasteiger partial charge in [-0.25, -0.2) is 0 Å². The zero-order valence-electron chi connectivity index (χ0n) is 5.50. The van der Waals surface area contributed by atoms with Crippen molar-refractivity contribution < 1.29 is 13.6 Å². The Kier molecular flexibility index (Phi) is 1.94. The van der Waals surface area contributed by atoms with Crippen LogP contribution in [0.2, 0.25) is 0 Å². The summed E-state index contributed by atoms with van der Waals surface area (Å²) in [6, 6.07) is 2.21. The molecule has 0 amide bonds. The summed E-state index contributed by atoms with van der Waals surface area (Å²) in [6.45, 7) is 0. The normalized spacial score (nSPS) is 11.1. The Labute approximate surface area is 61.9 Å². The molecule has 2 nitrogen and oxygen atoms in total. The maximum absolute atomic E-state index is 12.5. The first-order valence-corrected chi connectivity index (χ1v) is 2.91. The molecule has 0 aromatic carbocycles. The van der Waals surface area contributed by atoms with Crippen LogP contribution in [0.4, 0.5) is 8.78 Å². The lowest BCUT2D eigenvalue weighted by molar-refractivity contribution is -0.130. The molecule has 0 atom stereocenters. The highest BCUT2D eigenvalue weighted by molar-refractivity contribution is 5.63. The van der Waals surface area contributed by atoms with E-state index in [2.05, 4.69) is 4.98 Å². The topological polar surface area (TPSA) is 30.0 Å². The van der Waals surface area contributed by atoms with Gasteiger partial charge in [-0.15, -0.1) is 0 Å². The van der Waals surface area contributed by atoms with E-state index in [4.69, 9.17) is 0 Å². The van der Waals surface area contributed by atoms with Gasteiger partial charge < -0.3 is 0 Å². The molecule has 1 heterocycles. The number of carbonyl (C=O) groups is 1. The fourth-order valence-electron chi connectivity index (χ4n) is 0.642. The van der Waals surface area contributed by atoms with Gasteiger partial charge in [0.2, 0.25) is 0 Å². The molecule has 1 rings (SSSR count). The van der Waals surface area contributed by atoms with Gasteiger partial charge in [0.05, 0.1) is 0 Å². The Bertz CT molecular complexity index is 248. The van der Waals surface area contributed by atoms with Gasteiger partial charge in [-0.3, -0.25) is 9.78 Å². The highest BCUT2D eigenvalue weighted by Gasteiger charge is 2.30. The van der Waals surface area contributed by atoms with E-state index in [1.54, 1.807) is 0 Å². The molecule has 58 valence electrons. The Morgan fingerprint density at radius 1 is 1.36 bits per heavy atom. The number of alkyl halides is 2. The van der Waals surface area contributed by atoms with Gasteiger partial charge in [-0.05, 0) is 12.1 Å². The van der Waals surface area contributed by atoms with Gasteiger partial charge >= 0.3 is 5.92 Å². The molecule has 11 heavy (non-hydrogen) atoms. The van der Waals surface area contributed by atoms with E-state index in [0.717, 1.165) is 12.1 Å². The first kappa shape index (κ1) is 7.78. The lowest BCUT2D eigenvalue weighted by atomic mass is 10.1. The van der Waals surface area contributed by atoms with E-state index >= 15 is 0 Å². The smallest absolute Gasteiger partial charge is 0.296 e. The second kappa shape index (κ2) is 2.74. The highest BCUT2D eigenvalue weighted by Crippen LogP contribution is 2.23. The number of aldehydes is 1. The number of hydrogen-bond donors (Lipinski definition) is 0. The minimum atomic E-state index is -3.39. The minimum absolute atomic E-state index is 0.331. The summed E-state index contributed by atoms with van der Waals surface area (Å²) >= 11 is 0. The summed E-state index contributed by atoms with van der Waals surface area (Å²) in [5, 5.41) is 0. The molecular weight excluding hydrogens is 152 g/mol. The third kappa shape index (κ3) is 1.58. The molecule has 0 radical (unpaired) electrons. The lowest BCUT2D eigenvalue weighted by Crippen LogP contribution is -2.14. The van der Waals surface area contributed by atoms with Crippen LogP contribution in [-0.2, 0) is 10.7 Å². The van der Waals surface area contributed by atoms with Crippen molar-refractivity contribution in [2.75, 3.05) is 0 Å². The summed E-state index contributed by atoms with van der Waals surface area (Å²) in [4.78, 5) is 13.4. The molecule has 1 aromatic heterocycles. The molecule has 0 unspecified atom stereocenters. The van der Waals surface area contributed by atoms with Crippen LogP contribution in [0.1, 0.15) is 5.56 Å². The van der Waals surface area contributed by atoms with Crippen LogP contribution in [0, 0.1) is 0 Å². The summed E-state index contributed by atoms with van der Waals surface area (Å²) < 4.78 is 25.0. The van der Waals surface area contributed by atoms with E-state index in [-0.39, 0.29) is 11.8 Å². The molecule has 0 spiro atoms. The molecule has 0 aliphatic carbocycles. The average Bonchev–Trinajstić information content (AvgIpc) is 2.06. The fourth-order valence-corrected chi connectivity index (χ4v) is 0.642. The molecule has 1 aromatic rings. The monoisotopic (exact) mass is 157 g/mol. The van der Waals surface area contributed by atoms with Crippen molar-refractivity contribution in [3.8, 4) is 0 Å². The second-order valence-corrected chi connectivity index (χ2v) is 1.98. The second-order valence-electron chi connectivity index (χ2n) is 1.98. The number of nitrogens with zero attached hydrogens (tertiary/aromatic N) is 1. The first-order chi connectivity index (χ1) is 5.17. The van der Waals surface area contributed by atoms with Gasteiger partial charge in [-0.1, -0.05) is 0 Å². The lowest BCUT2D eigenvalue weighted by Gasteiger charge is -2.06. The Morgan fingerprint density at radius 2 is 1.91 bits per heavy atom. The Morgan fingerprint density at radius 3 is 2.36 bits per heavy atom. The molecule has 4 heteroatoms. The average molecular weight is 157 g/mol. The largest absolute Gasteiger partial charge is 0.327 e. The van der Waals surface area contributed by atoms with Gasteiger partial charge in [0.25, 0.3) is 0 Å². The van der Waals surface area contributed by atoms with Crippen LogP contribution < -0.4 is 0 Å². The highest BCUT2D eigenvalue weighted by atomic mass is 19.3. The van der Waals surface area contributed by atoms with Crippen molar-refractivity contribution in [1.29, 1.82) is 0 Å². The molecule has 0 bridgehead atoms. The van der Waals surface area contributed by atoms with E-state index in [9.17, 15) is 13.6 Å². The quantitative estimate of drug-likeness (QED) is 0.607. The van der Waals surface area contributed by atoms with Crippen LogP contribution in [0.3, 0.4) is 0 Å². The predicted octanol–water partition coefficient (Wildman–Crippen LogP) is 1.37. The maximum atomic E-state index is 12.5. The number of aromatic nitrogens is 1. The molecule has 0 aliphatic rings. The summed E-state index contributed by atoms with van der Waals surface area (Å²) in [6.07, 6.45) is 2.04. The zero-order valence-corrected chi connectivity index (χ0v) is 5.50. The number of rotatable bonds is 2. The molecule has 0 aliphatic heterocycles. The van der Waals surface area contributed by atoms with Crippen molar-refractivity contribution in [2.45, 2.75) is 5.92 Å². The van der Waals surface area contributed by atoms with Crippen molar-refractivity contribution in [3.63, 3.8) is 0 Å². The fraction of sp³-hybridized carbons (Fsp3) is 0.143. The number of hydrogen-bond acceptors (Lipinski definition) is 2. The van der Waals surface area contributed by atoms with Gasteiger partial charge in [0, 0.05) is 18.0 Å². The number of halogens is 2. The first-order valence-electron chi connectivity index (χ1n) is 2.91. The summed E-state index contributed by atoms with van der Waals surface area (Å²) in [5.41, 5.74) is -0.331. The van der Waals surface area contributed by atoms with E-state index in [0.29, 0.717) is 0 Å². The van der Waals surface area contributed by atoms with Gasteiger partial charge in [-0.2, -0.15) is 8.78 Å². The van der Waals surface area contributed by atoms with Crippen molar-refractivity contribution in [2.24, 2.45) is 0 Å². The third-order valence-corrected chi connectivity index (χ3v) is 1.21. The zero-order chi connectivity index (χ0) is 8.32. The van der Waals surface area contributed by atoms with E-state index in [1.165, 1.54) is 12.4 Å². The maximum Gasteiger partial charge on any atom is 0.327 e. The predicted molar refractivity (Wildman–Crippen MR) is 34.2 cm³/mol. The molecule has 0 N–H and O–H groups in total. The van der Waals surface area contributed by atoms with Crippen molar-refractivity contribution >= 4 is 6.29 Å². The minimum Gasteiger partial charge on any atom is -0.296 e. The number of carbonyl (C=O) groups excluding carboxylic acids is 1. The van der Waals surface area contributed by atoms with Gasteiger partial charge in [0.15, 0.2) is 6.29 Å². The van der Waals surface area contributed by atoms with Crippen LogP contribution in [0.25, 0.3) is 0 Å². The van der Waals surface area contributed by atoms with Crippen molar-refractivity contribution in [1.82, 2.24) is 4.98 Å². The van der Waals surface area contributed by atoms with Crippen molar-refractivity contribution in [3.05, 3.63) is 30.1 Å². The van der Waals surface area contributed by atoms with E-state index < -0.39 is 5.92 Å². The molecule has 0 saturated heterocycles. The Balaban J connectivity index is 3.02. The van der Waals surface area contributed by atoms with Crippen LogP contribution in [-0.4, -0.2) is 11.3 Å². The standard InChI is InChI=1S/C7H5F2NO/c8-7(9,5-11)6-1-3-10-4-2-6/h1-5H. The molecule has 0 fully saturated rings. The van der Waals surface area contributed by atoms with Crippen LogP contribution >= 0.6 is 0 Å². The Hall–Kier alpha value is -1.32. The molecular formula is C7H5F2NO. The van der Waals surface area contributed by atoms with Gasteiger partial charge in [0.1, 0.15) is 0 Å². The summed E-state index contributed by atoms with van der Waals surface area (Å²) in [5.74, 6) is -3.39. The SMILES string of the molecule is O=CC(F)(F)c1ccncc1. The third-order valence-electron chi connectivity index (χ3n) is 1.21. The van der Waals surface area contributed by atoms with Crippen LogP contribution in [0.5, 0.6) is 0 Å². The van der Waals surface area contributed by atoms with E-state index in [1.807, 2.05) is 0 Å². The van der Waals surface area contributed by atoms with Crippen LogP contribution in [0.15, 0.2) is 24.5 Å². The number of pyridine rings is 1.